The Labute approximate surface area is 179 Å². The number of nitrogens with zero attached hydrogens (tertiary/aromatic N) is 3. The fraction of sp³-hybridized carbons (Fsp3) is 0.364. The van der Waals surface area contributed by atoms with Crippen molar-refractivity contribution in [2.75, 3.05) is 31.5 Å². The van der Waals surface area contributed by atoms with E-state index in [0.717, 1.165) is 30.9 Å². The predicted octanol–water partition coefficient (Wildman–Crippen LogP) is 3.02. The Hall–Kier alpha value is -3.46. The first-order valence-corrected chi connectivity index (χ1v) is 10.4. The number of aromatic nitrogens is 1. The van der Waals surface area contributed by atoms with E-state index in [-0.39, 0.29) is 17.5 Å². The third kappa shape index (κ3) is 3.61. The Morgan fingerprint density at radius 3 is 2.65 bits per heavy atom. The molecular weight excluding hydrogens is 398 g/mol. The number of hydrogen-bond donors (Lipinski definition) is 2. The van der Waals surface area contributed by atoms with Crippen LogP contribution in [0.25, 0.3) is 11.6 Å². The van der Waals surface area contributed by atoms with Gasteiger partial charge in [-0.2, -0.15) is 0 Å². The fourth-order valence-electron chi connectivity index (χ4n) is 4.21. The van der Waals surface area contributed by atoms with Gasteiger partial charge in [0.1, 0.15) is 0 Å². The zero-order valence-corrected chi connectivity index (χ0v) is 17.8. The van der Waals surface area contributed by atoms with Crippen LogP contribution in [0.4, 0.5) is 11.4 Å². The summed E-state index contributed by atoms with van der Waals surface area (Å²) in [5.41, 5.74) is 4.24. The number of benzene rings is 1. The lowest BCUT2D eigenvalue weighted by Crippen LogP contribution is -2.35. The highest BCUT2D eigenvalue weighted by atomic mass is 16.6. The number of hydrogen-bond acceptors (Lipinski definition) is 5. The zero-order chi connectivity index (χ0) is 22.3. The summed E-state index contributed by atoms with van der Waals surface area (Å²) in [6.45, 7) is 9.96. The number of H-pyrrole nitrogens is 1. The van der Waals surface area contributed by atoms with E-state index in [9.17, 15) is 19.7 Å². The number of non-ortho nitro benzene ring substituents is 1. The van der Waals surface area contributed by atoms with Crippen LogP contribution in [0.1, 0.15) is 46.7 Å². The van der Waals surface area contributed by atoms with Crippen molar-refractivity contribution in [3.8, 4) is 0 Å². The van der Waals surface area contributed by atoms with Gasteiger partial charge in [-0.25, -0.2) is 0 Å². The maximum absolute atomic E-state index is 13.0. The average molecular weight is 423 g/mol. The number of nitro benzene ring substituents is 1. The molecule has 162 valence electrons. The zero-order valence-electron chi connectivity index (χ0n) is 17.8. The van der Waals surface area contributed by atoms with Crippen LogP contribution < -0.4 is 5.32 Å². The molecule has 0 saturated carbocycles. The van der Waals surface area contributed by atoms with Gasteiger partial charge in [0.05, 0.1) is 22.6 Å². The van der Waals surface area contributed by atoms with Crippen LogP contribution in [0.5, 0.6) is 0 Å². The van der Waals surface area contributed by atoms with Crippen molar-refractivity contribution >= 4 is 34.8 Å². The number of fused-ring (bicyclic) bond motifs is 2. The van der Waals surface area contributed by atoms with Gasteiger partial charge in [0.15, 0.2) is 0 Å². The molecule has 2 aromatic rings. The first kappa shape index (κ1) is 20.8. The monoisotopic (exact) mass is 423 g/mol. The first-order valence-electron chi connectivity index (χ1n) is 10.4. The molecule has 2 N–H and O–H groups in total. The molecule has 0 atom stereocenters. The fourth-order valence-corrected chi connectivity index (χ4v) is 4.21. The lowest BCUT2D eigenvalue weighted by molar-refractivity contribution is -0.384. The summed E-state index contributed by atoms with van der Waals surface area (Å²) in [6, 6.07) is 4.29. The Bertz CT molecular complexity index is 1110. The molecule has 9 nitrogen and oxygen atoms in total. The third-order valence-electron chi connectivity index (χ3n) is 6.08. The van der Waals surface area contributed by atoms with Gasteiger partial charge in [0.25, 0.3) is 17.5 Å². The van der Waals surface area contributed by atoms with E-state index in [1.54, 1.807) is 6.08 Å². The van der Waals surface area contributed by atoms with Crippen LogP contribution in [0, 0.1) is 17.0 Å². The molecule has 0 radical (unpaired) electrons. The summed E-state index contributed by atoms with van der Waals surface area (Å²) >= 11 is 0. The smallest absolute Gasteiger partial charge is 0.270 e. The number of aromatic amines is 1. The Balaban J connectivity index is 1.61. The number of likely N-dealkylation sites (N-methyl/N-ethyl adjacent to an activating group) is 1. The lowest BCUT2D eigenvalue weighted by Gasteiger charge is -2.22. The number of carbonyl (C=O) groups excluding carboxylic acids is 2. The highest BCUT2D eigenvalue weighted by molar-refractivity contribution is 6.35. The quantitative estimate of drug-likeness (QED) is 0.404. The van der Waals surface area contributed by atoms with Crippen molar-refractivity contribution in [3.63, 3.8) is 0 Å². The Morgan fingerprint density at radius 2 is 2.00 bits per heavy atom. The molecule has 1 aromatic carbocycles. The van der Waals surface area contributed by atoms with E-state index >= 15 is 0 Å². The van der Waals surface area contributed by atoms with E-state index in [4.69, 9.17) is 0 Å². The number of amides is 2. The summed E-state index contributed by atoms with van der Waals surface area (Å²) in [5.74, 6) is -0.329. The molecule has 0 saturated heterocycles. The van der Waals surface area contributed by atoms with Crippen LogP contribution in [0.3, 0.4) is 0 Å². The Kier molecular flexibility index (Phi) is 5.36. The summed E-state index contributed by atoms with van der Waals surface area (Å²) in [4.78, 5) is 43.5. The molecule has 2 aliphatic rings. The van der Waals surface area contributed by atoms with Crippen molar-refractivity contribution in [2.45, 2.75) is 27.3 Å². The van der Waals surface area contributed by atoms with Crippen LogP contribution in [0.2, 0.25) is 0 Å². The minimum Gasteiger partial charge on any atom is -0.357 e. The molecule has 0 fully saturated rings. The predicted molar refractivity (Wildman–Crippen MR) is 118 cm³/mol. The normalized spacial score (nSPS) is 16.3. The average Bonchev–Trinajstić information content (AvgIpc) is 3.34. The molecule has 3 heterocycles. The van der Waals surface area contributed by atoms with Crippen LogP contribution in [-0.4, -0.2) is 57.7 Å². The molecule has 0 aliphatic carbocycles. The molecule has 0 spiro atoms. The molecule has 1 aromatic heterocycles. The number of nitrogens with one attached hydrogen (secondary N) is 2. The second-order valence-electron chi connectivity index (χ2n) is 7.77. The van der Waals surface area contributed by atoms with Gasteiger partial charge in [-0.05, 0) is 37.7 Å². The van der Waals surface area contributed by atoms with Crippen molar-refractivity contribution in [1.29, 1.82) is 0 Å². The largest absolute Gasteiger partial charge is 0.357 e. The lowest BCUT2D eigenvalue weighted by atomic mass is 10.0. The summed E-state index contributed by atoms with van der Waals surface area (Å²) in [5, 5.41) is 13.9. The van der Waals surface area contributed by atoms with Crippen LogP contribution in [-0.2, 0) is 11.3 Å². The first-order chi connectivity index (χ1) is 14.8. The number of rotatable bonds is 7. The summed E-state index contributed by atoms with van der Waals surface area (Å²) < 4.78 is 0. The van der Waals surface area contributed by atoms with Gasteiger partial charge in [-0.3, -0.25) is 19.7 Å². The van der Waals surface area contributed by atoms with Gasteiger partial charge >= 0.3 is 0 Å². The molecule has 31 heavy (non-hydrogen) atoms. The summed E-state index contributed by atoms with van der Waals surface area (Å²) in [6.07, 6.45) is 1.67. The number of carbonyl (C=O) groups is 2. The molecule has 9 heteroatoms. The maximum atomic E-state index is 13.0. The SMILES string of the molecule is CCN(CC)CCN1Cc2[nH]c(/C=C3\C(=O)Nc4ccc([N+](=O)[O-])cc43)c(C)c2C1=O. The van der Waals surface area contributed by atoms with E-state index in [1.807, 2.05) is 11.8 Å². The Morgan fingerprint density at radius 1 is 1.26 bits per heavy atom. The van der Waals surface area contributed by atoms with E-state index in [1.165, 1.54) is 18.2 Å². The number of anilines is 1. The minimum atomic E-state index is -0.486. The van der Waals surface area contributed by atoms with Crippen molar-refractivity contribution < 1.29 is 14.5 Å². The highest BCUT2D eigenvalue weighted by Gasteiger charge is 2.33. The van der Waals surface area contributed by atoms with Gasteiger partial charge in [0, 0.05) is 47.9 Å². The standard InChI is InChI=1S/C22H25N5O4/c1-4-25(5-2)8-9-26-12-19-20(22(26)29)13(3)18(23-19)11-16-15-10-14(27(30)31)6-7-17(15)24-21(16)28/h6-7,10-11,23H,4-5,8-9,12H2,1-3H3,(H,24,28)/b16-11-. The second-order valence-corrected chi connectivity index (χ2v) is 7.77. The second kappa shape index (κ2) is 7.99. The molecule has 0 bridgehead atoms. The van der Waals surface area contributed by atoms with Crippen LogP contribution >= 0.6 is 0 Å². The molecule has 0 unspecified atom stereocenters. The maximum Gasteiger partial charge on any atom is 0.270 e. The van der Waals surface area contributed by atoms with Gasteiger partial charge in [-0.1, -0.05) is 13.8 Å². The highest BCUT2D eigenvalue weighted by Crippen LogP contribution is 2.37. The molecule has 2 aliphatic heterocycles. The number of nitro groups is 1. The van der Waals surface area contributed by atoms with Crippen LogP contribution in [0.15, 0.2) is 18.2 Å². The summed E-state index contributed by atoms with van der Waals surface area (Å²) in [7, 11) is 0. The molecule has 4 rings (SSSR count). The van der Waals surface area contributed by atoms with Crippen molar-refractivity contribution in [1.82, 2.24) is 14.8 Å². The van der Waals surface area contributed by atoms with Crippen molar-refractivity contribution in [3.05, 3.63) is 56.4 Å². The van der Waals surface area contributed by atoms with Gasteiger partial charge in [-0.15, -0.1) is 0 Å². The minimum absolute atomic E-state index is 0.00697. The van der Waals surface area contributed by atoms with Gasteiger partial charge in [0.2, 0.25) is 0 Å². The topological polar surface area (TPSA) is 112 Å². The van der Waals surface area contributed by atoms with Gasteiger partial charge < -0.3 is 20.1 Å². The van der Waals surface area contributed by atoms with E-state index in [0.29, 0.717) is 41.2 Å². The van der Waals surface area contributed by atoms with E-state index < -0.39 is 4.92 Å². The van der Waals surface area contributed by atoms with E-state index in [2.05, 4.69) is 29.0 Å². The molecule has 2 amide bonds. The third-order valence-corrected chi connectivity index (χ3v) is 6.08. The van der Waals surface area contributed by atoms with Crippen molar-refractivity contribution in [2.24, 2.45) is 0 Å². The molecular formula is C22H25N5O4.